The largest absolute Gasteiger partial charge is 0.387 e. The number of methoxy groups -OCH3 is 1. The second kappa shape index (κ2) is 7.74. The lowest BCUT2D eigenvalue weighted by Crippen LogP contribution is -2.11. The molecule has 0 fully saturated rings. The molecule has 1 aromatic heterocycles. The number of para-hydroxylation sites is 1. The van der Waals surface area contributed by atoms with Crippen molar-refractivity contribution < 1.29 is 14.6 Å². The van der Waals surface area contributed by atoms with Gasteiger partial charge in [-0.2, -0.15) is 0 Å². The number of aliphatic hydroxyl groups is 1. The summed E-state index contributed by atoms with van der Waals surface area (Å²) in [6, 6.07) is 9.60. The maximum Gasteiger partial charge on any atom is 0.0999 e. The van der Waals surface area contributed by atoms with Crippen molar-refractivity contribution >= 4 is 0 Å². The molecule has 1 heterocycles. The highest BCUT2D eigenvalue weighted by Crippen LogP contribution is 2.18. The van der Waals surface area contributed by atoms with Gasteiger partial charge in [0.1, 0.15) is 0 Å². The van der Waals surface area contributed by atoms with Gasteiger partial charge in [0.15, 0.2) is 0 Å². The normalized spacial score (nSPS) is 12.5. The number of hydrogen-bond donors (Lipinski definition) is 1. The van der Waals surface area contributed by atoms with E-state index < -0.39 is 6.10 Å². The van der Waals surface area contributed by atoms with Crippen molar-refractivity contribution in [2.24, 2.45) is 0 Å². The smallest absolute Gasteiger partial charge is 0.0999 e. The van der Waals surface area contributed by atoms with Crippen molar-refractivity contribution in [2.45, 2.75) is 12.5 Å². The fourth-order valence-corrected chi connectivity index (χ4v) is 1.83. The fraction of sp³-hybridized carbons (Fsp3) is 0.429. The van der Waals surface area contributed by atoms with Gasteiger partial charge in [0.2, 0.25) is 0 Å². The average Bonchev–Trinajstić information content (AvgIpc) is 2.97. The zero-order valence-electron chi connectivity index (χ0n) is 11.5. The van der Waals surface area contributed by atoms with Gasteiger partial charge in [-0.05, 0) is 12.1 Å². The number of rotatable bonds is 8. The Morgan fingerprint density at radius 2 is 2.00 bits per heavy atom. The van der Waals surface area contributed by atoms with Crippen molar-refractivity contribution in [1.29, 1.82) is 0 Å². The van der Waals surface area contributed by atoms with Crippen molar-refractivity contribution in [2.75, 3.05) is 26.9 Å². The lowest BCUT2D eigenvalue weighted by Gasteiger charge is -2.12. The lowest BCUT2D eigenvalue weighted by atomic mass is 10.2. The van der Waals surface area contributed by atoms with Crippen LogP contribution in [0, 0.1) is 0 Å². The number of aliphatic hydroxyl groups excluding tert-OH is 1. The van der Waals surface area contributed by atoms with Crippen LogP contribution in [-0.2, 0) is 9.47 Å². The molecule has 108 valence electrons. The van der Waals surface area contributed by atoms with Gasteiger partial charge in [-0.25, -0.2) is 4.68 Å². The first-order valence-corrected chi connectivity index (χ1v) is 6.53. The number of ether oxygens (including phenoxy) is 2. The Kier molecular flexibility index (Phi) is 5.67. The standard InChI is InChI=1S/C14H19N3O3/c1-19-9-10-20-8-7-14(18)13-11-15-16-17(13)12-5-3-2-4-6-12/h2-6,11,14,18H,7-10H2,1H3. The Hall–Kier alpha value is -1.76. The summed E-state index contributed by atoms with van der Waals surface area (Å²) in [6.45, 7) is 1.55. The molecular weight excluding hydrogens is 258 g/mol. The summed E-state index contributed by atoms with van der Waals surface area (Å²) in [5.41, 5.74) is 1.53. The van der Waals surface area contributed by atoms with Crippen LogP contribution in [0.25, 0.3) is 5.69 Å². The third-order valence-corrected chi connectivity index (χ3v) is 2.89. The number of hydrogen-bond acceptors (Lipinski definition) is 5. The molecule has 6 nitrogen and oxygen atoms in total. The van der Waals surface area contributed by atoms with E-state index in [9.17, 15) is 5.11 Å². The minimum Gasteiger partial charge on any atom is -0.387 e. The monoisotopic (exact) mass is 277 g/mol. The van der Waals surface area contributed by atoms with Gasteiger partial charge >= 0.3 is 0 Å². The minimum atomic E-state index is -0.659. The molecule has 1 aromatic carbocycles. The predicted octanol–water partition coefficient (Wildman–Crippen LogP) is 1.35. The van der Waals surface area contributed by atoms with E-state index in [-0.39, 0.29) is 0 Å². The third kappa shape index (κ3) is 3.86. The highest BCUT2D eigenvalue weighted by Gasteiger charge is 2.15. The zero-order valence-corrected chi connectivity index (χ0v) is 11.5. The molecule has 0 radical (unpaired) electrons. The highest BCUT2D eigenvalue weighted by atomic mass is 16.5. The molecule has 0 bridgehead atoms. The molecule has 0 saturated heterocycles. The fourth-order valence-electron chi connectivity index (χ4n) is 1.83. The van der Waals surface area contributed by atoms with Gasteiger partial charge in [-0.3, -0.25) is 0 Å². The SMILES string of the molecule is COCCOCCC(O)c1cnnn1-c1ccccc1. The molecule has 1 N–H and O–H groups in total. The molecule has 0 aliphatic rings. The van der Waals surface area contributed by atoms with Gasteiger partial charge in [0, 0.05) is 20.1 Å². The van der Waals surface area contributed by atoms with E-state index in [1.807, 2.05) is 30.3 Å². The van der Waals surface area contributed by atoms with Crippen LogP contribution in [0.1, 0.15) is 18.2 Å². The molecule has 1 atom stereocenters. The second-order valence-electron chi connectivity index (χ2n) is 4.32. The molecule has 20 heavy (non-hydrogen) atoms. The van der Waals surface area contributed by atoms with Gasteiger partial charge < -0.3 is 14.6 Å². The summed E-state index contributed by atoms with van der Waals surface area (Å²) in [6.07, 6.45) is 1.41. The summed E-state index contributed by atoms with van der Waals surface area (Å²) >= 11 is 0. The molecule has 0 spiro atoms. The Bertz CT molecular complexity index is 501. The summed E-state index contributed by atoms with van der Waals surface area (Å²) in [4.78, 5) is 0. The maximum absolute atomic E-state index is 10.2. The van der Waals surface area contributed by atoms with Crippen molar-refractivity contribution in [3.05, 3.63) is 42.2 Å². The quantitative estimate of drug-likeness (QED) is 0.738. The molecular formula is C14H19N3O3. The van der Waals surface area contributed by atoms with Crippen LogP contribution in [0.4, 0.5) is 0 Å². The van der Waals surface area contributed by atoms with Gasteiger partial charge in [-0.1, -0.05) is 23.4 Å². The van der Waals surface area contributed by atoms with Crippen LogP contribution in [0.5, 0.6) is 0 Å². The Labute approximate surface area is 117 Å². The number of benzene rings is 1. The van der Waals surface area contributed by atoms with Crippen LogP contribution in [0.3, 0.4) is 0 Å². The average molecular weight is 277 g/mol. The highest BCUT2D eigenvalue weighted by molar-refractivity contribution is 5.31. The van der Waals surface area contributed by atoms with Crippen LogP contribution < -0.4 is 0 Å². The summed E-state index contributed by atoms with van der Waals surface area (Å²) < 4.78 is 11.9. The number of nitrogens with zero attached hydrogens (tertiary/aromatic N) is 3. The van der Waals surface area contributed by atoms with Crippen molar-refractivity contribution in [3.8, 4) is 5.69 Å². The van der Waals surface area contributed by atoms with Gasteiger partial charge in [-0.15, -0.1) is 5.10 Å². The first-order valence-electron chi connectivity index (χ1n) is 6.53. The summed E-state index contributed by atoms with van der Waals surface area (Å²) in [5, 5.41) is 18.1. The van der Waals surface area contributed by atoms with E-state index in [1.165, 1.54) is 0 Å². The third-order valence-electron chi connectivity index (χ3n) is 2.89. The molecule has 0 amide bonds. The molecule has 0 aliphatic heterocycles. The van der Waals surface area contributed by atoms with E-state index >= 15 is 0 Å². The van der Waals surface area contributed by atoms with Crippen molar-refractivity contribution in [1.82, 2.24) is 15.0 Å². The molecule has 0 saturated carbocycles. The van der Waals surface area contributed by atoms with Crippen LogP contribution in [0.2, 0.25) is 0 Å². The minimum absolute atomic E-state index is 0.463. The van der Waals surface area contributed by atoms with E-state index in [1.54, 1.807) is 18.0 Å². The topological polar surface area (TPSA) is 69.4 Å². The zero-order chi connectivity index (χ0) is 14.2. The first kappa shape index (κ1) is 14.6. The van der Waals surface area contributed by atoms with E-state index in [2.05, 4.69) is 10.3 Å². The Balaban J connectivity index is 1.94. The van der Waals surface area contributed by atoms with Crippen LogP contribution >= 0.6 is 0 Å². The van der Waals surface area contributed by atoms with Crippen LogP contribution in [0.15, 0.2) is 36.5 Å². The van der Waals surface area contributed by atoms with Gasteiger partial charge in [0.05, 0.1) is 36.9 Å². The molecule has 2 aromatic rings. The van der Waals surface area contributed by atoms with Crippen LogP contribution in [-0.4, -0.2) is 47.0 Å². The molecule has 1 unspecified atom stereocenters. The Morgan fingerprint density at radius 3 is 2.75 bits per heavy atom. The second-order valence-corrected chi connectivity index (χ2v) is 4.32. The molecule has 0 aliphatic carbocycles. The molecule has 6 heteroatoms. The van der Waals surface area contributed by atoms with Gasteiger partial charge in [0.25, 0.3) is 0 Å². The van der Waals surface area contributed by atoms with Crippen molar-refractivity contribution in [3.63, 3.8) is 0 Å². The summed E-state index contributed by atoms with van der Waals surface area (Å²) in [7, 11) is 1.63. The maximum atomic E-state index is 10.2. The number of aromatic nitrogens is 3. The first-order chi connectivity index (χ1) is 9.83. The predicted molar refractivity (Wildman–Crippen MR) is 73.6 cm³/mol. The van der Waals surface area contributed by atoms with E-state index in [4.69, 9.17) is 9.47 Å². The lowest BCUT2D eigenvalue weighted by molar-refractivity contribution is 0.0462. The van der Waals surface area contributed by atoms with E-state index in [0.717, 1.165) is 5.69 Å². The molecule has 2 rings (SSSR count). The van der Waals surface area contributed by atoms with E-state index in [0.29, 0.717) is 31.9 Å². The summed E-state index contributed by atoms with van der Waals surface area (Å²) in [5.74, 6) is 0. The Morgan fingerprint density at radius 1 is 1.20 bits per heavy atom.